The molecule has 0 aliphatic carbocycles. The Bertz CT molecular complexity index is 401. The lowest BCUT2D eigenvalue weighted by Gasteiger charge is -2.10. The average Bonchev–Trinajstić information content (AvgIpc) is 2.26. The van der Waals surface area contributed by atoms with Gasteiger partial charge in [0, 0.05) is 22.6 Å². The van der Waals surface area contributed by atoms with Crippen molar-refractivity contribution in [3.05, 3.63) is 32.7 Å². The number of carbonyl (C=O) groups is 1. The quantitative estimate of drug-likeness (QED) is 0.791. The van der Waals surface area contributed by atoms with Crippen molar-refractivity contribution in [3.8, 4) is 0 Å². The molecule has 1 aromatic rings. The van der Waals surface area contributed by atoms with Crippen molar-refractivity contribution < 1.29 is 9.53 Å². The van der Waals surface area contributed by atoms with Crippen LogP contribution in [0.15, 0.2) is 27.1 Å². The molecular weight excluding hydrogens is 373 g/mol. The number of benzene rings is 1. The van der Waals surface area contributed by atoms with E-state index in [4.69, 9.17) is 16.3 Å². The van der Waals surface area contributed by atoms with Gasteiger partial charge >= 0.3 is 0 Å². The molecule has 1 unspecified atom stereocenters. The maximum atomic E-state index is 11.8. The molecule has 0 fully saturated rings. The van der Waals surface area contributed by atoms with Crippen LogP contribution in [0.3, 0.4) is 0 Å². The van der Waals surface area contributed by atoms with Gasteiger partial charge in [-0.1, -0.05) is 15.9 Å². The number of carbonyl (C=O) groups excluding carboxylic acids is 1. The smallest absolute Gasteiger partial charge is 0.252 e. The molecule has 3 nitrogen and oxygen atoms in total. The van der Waals surface area contributed by atoms with Crippen molar-refractivity contribution in [1.82, 2.24) is 5.32 Å². The van der Waals surface area contributed by atoms with E-state index < -0.39 is 0 Å². The third kappa shape index (κ3) is 4.95. The molecule has 0 saturated heterocycles. The van der Waals surface area contributed by atoms with Gasteiger partial charge in [0.15, 0.2) is 0 Å². The standard InChI is InChI=1S/C11H12Br2ClNO2/c1-17-6-8(14)5-15-11(16)9-3-2-7(12)4-10(9)13/h2-4,8H,5-6H2,1H3,(H,15,16). The Morgan fingerprint density at radius 2 is 2.24 bits per heavy atom. The van der Waals surface area contributed by atoms with Gasteiger partial charge in [-0.3, -0.25) is 4.79 Å². The summed E-state index contributed by atoms with van der Waals surface area (Å²) in [5, 5.41) is 2.52. The van der Waals surface area contributed by atoms with Crippen LogP contribution in [0.4, 0.5) is 0 Å². The Hall–Kier alpha value is -0.100. The highest BCUT2D eigenvalue weighted by Gasteiger charge is 2.12. The molecule has 0 aliphatic heterocycles. The van der Waals surface area contributed by atoms with Gasteiger partial charge in [-0.25, -0.2) is 0 Å². The highest BCUT2D eigenvalue weighted by Crippen LogP contribution is 2.21. The molecule has 0 spiro atoms. The first-order chi connectivity index (χ1) is 8.04. The second-order valence-corrected chi connectivity index (χ2v) is 5.77. The lowest BCUT2D eigenvalue weighted by molar-refractivity contribution is 0.0948. The van der Waals surface area contributed by atoms with Crippen LogP contribution in [0.2, 0.25) is 0 Å². The summed E-state index contributed by atoms with van der Waals surface area (Å²) in [5.41, 5.74) is 0.578. The van der Waals surface area contributed by atoms with Gasteiger partial charge in [0.25, 0.3) is 5.91 Å². The number of hydrogen-bond donors (Lipinski definition) is 1. The molecule has 1 N–H and O–H groups in total. The van der Waals surface area contributed by atoms with Crippen LogP contribution >= 0.6 is 43.5 Å². The predicted molar refractivity (Wildman–Crippen MR) is 75.7 cm³/mol. The molecule has 94 valence electrons. The Kier molecular flexibility index (Phi) is 6.48. The van der Waals surface area contributed by atoms with Crippen molar-refractivity contribution >= 4 is 49.4 Å². The summed E-state index contributed by atoms with van der Waals surface area (Å²) in [7, 11) is 1.57. The van der Waals surface area contributed by atoms with Gasteiger partial charge in [-0.15, -0.1) is 11.6 Å². The third-order valence-electron chi connectivity index (χ3n) is 2.01. The zero-order chi connectivity index (χ0) is 12.8. The van der Waals surface area contributed by atoms with Crippen LogP contribution < -0.4 is 5.32 Å². The highest BCUT2D eigenvalue weighted by atomic mass is 79.9. The molecule has 6 heteroatoms. The van der Waals surface area contributed by atoms with Crippen LogP contribution in [0, 0.1) is 0 Å². The summed E-state index contributed by atoms with van der Waals surface area (Å²) in [6.07, 6.45) is 0. The van der Waals surface area contributed by atoms with Crippen LogP contribution in [0.5, 0.6) is 0 Å². The zero-order valence-electron chi connectivity index (χ0n) is 9.17. The number of amides is 1. The molecule has 1 aromatic carbocycles. The largest absolute Gasteiger partial charge is 0.383 e. The van der Waals surface area contributed by atoms with E-state index in [9.17, 15) is 4.79 Å². The maximum Gasteiger partial charge on any atom is 0.252 e. The summed E-state index contributed by atoms with van der Waals surface area (Å²) >= 11 is 12.6. The summed E-state index contributed by atoms with van der Waals surface area (Å²) in [4.78, 5) is 11.8. The molecule has 1 rings (SSSR count). The first kappa shape index (κ1) is 15.0. The van der Waals surface area contributed by atoms with Crippen molar-refractivity contribution in [2.45, 2.75) is 5.38 Å². The second kappa shape index (κ2) is 7.36. The first-order valence-electron chi connectivity index (χ1n) is 4.91. The zero-order valence-corrected chi connectivity index (χ0v) is 13.1. The van der Waals surface area contributed by atoms with Gasteiger partial charge in [0.05, 0.1) is 17.5 Å². The van der Waals surface area contributed by atoms with E-state index >= 15 is 0 Å². The maximum absolute atomic E-state index is 11.8. The number of ether oxygens (including phenoxy) is 1. The lowest BCUT2D eigenvalue weighted by Crippen LogP contribution is -2.31. The van der Waals surface area contributed by atoms with Crippen LogP contribution in [-0.4, -0.2) is 31.5 Å². The SMILES string of the molecule is COCC(Cl)CNC(=O)c1ccc(Br)cc1Br. The third-order valence-corrected chi connectivity index (χ3v) is 3.44. The molecule has 0 radical (unpaired) electrons. The van der Waals surface area contributed by atoms with E-state index in [1.165, 1.54) is 0 Å². The molecule has 17 heavy (non-hydrogen) atoms. The van der Waals surface area contributed by atoms with Gasteiger partial charge in [-0.05, 0) is 34.1 Å². The summed E-state index contributed by atoms with van der Waals surface area (Å²) in [5.74, 6) is -0.161. The topological polar surface area (TPSA) is 38.3 Å². The highest BCUT2D eigenvalue weighted by molar-refractivity contribution is 9.11. The van der Waals surface area contributed by atoms with Crippen LogP contribution in [0.1, 0.15) is 10.4 Å². The van der Waals surface area contributed by atoms with Crippen molar-refractivity contribution in [1.29, 1.82) is 0 Å². The molecule has 0 aromatic heterocycles. The number of methoxy groups -OCH3 is 1. The molecule has 0 heterocycles. The Morgan fingerprint density at radius 1 is 1.53 bits per heavy atom. The Labute approximate surface area is 122 Å². The number of nitrogens with one attached hydrogen (secondary N) is 1. The lowest BCUT2D eigenvalue weighted by atomic mass is 10.2. The second-order valence-electron chi connectivity index (χ2n) is 3.39. The van der Waals surface area contributed by atoms with E-state index in [2.05, 4.69) is 37.2 Å². The summed E-state index contributed by atoms with van der Waals surface area (Å²) in [6, 6.07) is 5.37. The van der Waals surface area contributed by atoms with E-state index in [1.54, 1.807) is 13.2 Å². The van der Waals surface area contributed by atoms with E-state index in [0.717, 1.165) is 8.95 Å². The minimum Gasteiger partial charge on any atom is -0.383 e. The molecule has 1 atom stereocenters. The number of hydrogen-bond acceptors (Lipinski definition) is 2. The first-order valence-corrected chi connectivity index (χ1v) is 6.93. The van der Waals surface area contributed by atoms with Gasteiger partial charge in [0.2, 0.25) is 0 Å². The number of alkyl halides is 1. The fourth-order valence-electron chi connectivity index (χ4n) is 1.21. The normalized spacial score (nSPS) is 12.2. The Balaban J connectivity index is 2.58. The fourth-order valence-corrected chi connectivity index (χ4v) is 2.64. The monoisotopic (exact) mass is 383 g/mol. The molecule has 0 saturated carbocycles. The Morgan fingerprint density at radius 3 is 2.82 bits per heavy atom. The van der Waals surface area contributed by atoms with Gasteiger partial charge in [-0.2, -0.15) is 0 Å². The van der Waals surface area contributed by atoms with Crippen LogP contribution in [0.25, 0.3) is 0 Å². The van der Waals surface area contributed by atoms with Crippen molar-refractivity contribution in [2.24, 2.45) is 0 Å². The fraction of sp³-hybridized carbons (Fsp3) is 0.364. The van der Waals surface area contributed by atoms with E-state index in [0.29, 0.717) is 18.7 Å². The minimum atomic E-state index is -0.224. The average molecular weight is 385 g/mol. The van der Waals surface area contributed by atoms with Gasteiger partial charge < -0.3 is 10.1 Å². The number of rotatable bonds is 5. The van der Waals surface area contributed by atoms with Crippen molar-refractivity contribution in [3.63, 3.8) is 0 Å². The number of halogens is 3. The van der Waals surface area contributed by atoms with E-state index in [-0.39, 0.29) is 11.3 Å². The van der Waals surface area contributed by atoms with E-state index in [1.807, 2.05) is 12.1 Å². The van der Waals surface area contributed by atoms with Crippen molar-refractivity contribution in [2.75, 3.05) is 20.3 Å². The minimum absolute atomic E-state index is 0.161. The summed E-state index contributed by atoms with van der Waals surface area (Å²) < 4.78 is 6.53. The van der Waals surface area contributed by atoms with Gasteiger partial charge in [0.1, 0.15) is 0 Å². The molecule has 0 aliphatic rings. The predicted octanol–water partition coefficient (Wildman–Crippen LogP) is 3.20. The molecule has 1 amide bonds. The molecular formula is C11H12Br2ClNO2. The summed E-state index contributed by atoms with van der Waals surface area (Å²) in [6.45, 7) is 0.778. The molecule has 0 bridgehead atoms. The van der Waals surface area contributed by atoms with Crippen LogP contribution in [-0.2, 0) is 4.74 Å².